The fourth-order valence-corrected chi connectivity index (χ4v) is 4.09. The molecule has 0 radical (unpaired) electrons. The van der Waals surface area contributed by atoms with Crippen molar-refractivity contribution in [3.05, 3.63) is 0 Å². The van der Waals surface area contributed by atoms with Crippen molar-refractivity contribution < 1.29 is 50.3 Å². The van der Waals surface area contributed by atoms with Crippen LogP contribution in [-0.4, -0.2) is 51.2 Å². The van der Waals surface area contributed by atoms with Crippen molar-refractivity contribution >= 4 is 24.9 Å². The SMILES string of the molecule is O=C[O-].O=C[O-].[NH3+]CCCOC(=O)CCCCCCCCCCCCCCCCCCCCC(=O)OCCC[NH3+]. The fraction of sp³-hybridized carbons (Fsp3) is 0.867. The number of unbranched alkanes of at least 4 members (excludes halogenated alkanes) is 17. The summed E-state index contributed by atoms with van der Waals surface area (Å²) in [6, 6.07) is 0. The van der Waals surface area contributed by atoms with Crippen molar-refractivity contribution in [1.82, 2.24) is 0 Å². The number of hydrogen-bond acceptors (Lipinski definition) is 8. The molecule has 0 fully saturated rings. The zero-order valence-corrected chi connectivity index (χ0v) is 25.2. The van der Waals surface area contributed by atoms with Gasteiger partial charge in [-0.2, -0.15) is 0 Å². The molecule has 0 aromatic carbocycles. The van der Waals surface area contributed by atoms with E-state index in [-0.39, 0.29) is 11.9 Å². The number of quaternary nitrogens is 2. The van der Waals surface area contributed by atoms with Gasteiger partial charge in [-0.1, -0.05) is 103 Å². The first-order valence-corrected chi connectivity index (χ1v) is 15.5. The van der Waals surface area contributed by atoms with Gasteiger partial charge in [0.2, 0.25) is 0 Å². The molecule has 10 heteroatoms. The number of carbonyl (C=O) groups excluding carboxylic acids is 4. The summed E-state index contributed by atoms with van der Waals surface area (Å²) in [7, 11) is 0. The van der Waals surface area contributed by atoms with E-state index in [9.17, 15) is 9.59 Å². The Kier molecular flexibility index (Phi) is 43.6. The lowest BCUT2D eigenvalue weighted by molar-refractivity contribution is -0.369. The third-order valence-corrected chi connectivity index (χ3v) is 6.33. The summed E-state index contributed by atoms with van der Waals surface area (Å²) in [6.45, 7) is 1.72. The van der Waals surface area contributed by atoms with Gasteiger partial charge in [-0.25, -0.2) is 0 Å². The fourth-order valence-electron chi connectivity index (χ4n) is 4.09. The Balaban J connectivity index is -0.00000207. The Morgan fingerprint density at radius 3 is 0.850 bits per heavy atom. The molecule has 0 atom stereocenters. The summed E-state index contributed by atoms with van der Waals surface area (Å²) in [5.41, 5.74) is 7.49. The molecule has 0 amide bonds. The van der Waals surface area contributed by atoms with E-state index in [1.807, 2.05) is 0 Å². The minimum absolute atomic E-state index is 0.0413. The van der Waals surface area contributed by atoms with E-state index in [1.165, 1.54) is 89.9 Å². The van der Waals surface area contributed by atoms with E-state index in [2.05, 4.69) is 11.5 Å². The molecule has 0 saturated heterocycles. The molecule has 238 valence electrons. The minimum atomic E-state index is -0.500. The Morgan fingerprint density at radius 2 is 0.650 bits per heavy atom. The molecule has 0 rings (SSSR count). The second-order valence-corrected chi connectivity index (χ2v) is 9.91. The molecule has 0 saturated carbocycles. The lowest BCUT2D eigenvalue weighted by Crippen LogP contribution is -2.50. The number of carboxylic acid groups (broad SMARTS) is 2. The van der Waals surface area contributed by atoms with Crippen LogP contribution >= 0.6 is 0 Å². The van der Waals surface area contributed by atoms with Crippen LogP contribution in [-0.2, 0) is 28.7 Å². The first kappa shape index (κ1) is 42.3. The van der Waals surface area contributed by atoms with Crippen molar-refractivity contribution in [1.29, 1.82) is 0 Å². The summed E-state index contributed by atoms with van der Waals surface area (Å²) in [5.74, 6) is -0.0825. The van der Waals surface area contributed by atoms with E-state index in [4.69, 9.17) is 29.3 Å². The molecular formula is C30H60N2O8. The zero-order valence-electron chi connectivity index (χ0n) is 25.2. The smallest absolute Gasteiger partial charge is 0.305 e. The van der Waals surface area contributed by atoms with E-state index < -0.39 is 12.9 Å². The Morgan fingerprint density at radius 1 is 0.450 bits per heavy atom. The van der Waals surface area contributed by atoms with Gasteiger partial charge in [0.05, 0.1) is 26.3 Å². The molecular weight excluding hydrogens is 516 g/mol. The van der Waals surface area contributed by atoms with E-state index >= 15 is 0 Å². The average molecular weight is 577 g/mol. The summed E-state index contributed by atoms with van der Waals surface area (Å²) < 4.78 is 10.3. The molecule has 0 bridgehead atoms. The van der Waals surface area contributed by atoms with Crippen LogP contribution in [0.25, 0.3) is 0 Å². The number of rotatable bonds is 27. The summed E-state index contributed by atoms with van der Waals surface area (Å²) >= 11 is 0. The Hall–Kier alpha value is -2.20. The van der Waals surface area contributed by atoms with Crippen LogP contribution in [0.15, 0.2) is 0 Å². The molecule has 0 aliphatic rings. The highest BCUT2D eigenvalue weighted by Crippen LogP contribution is 2.15. The predicted molar refractivity (Wildman–Crippen MR) is 151 cm³/mol. The summed E-state index contributed by atoms with van der Waals surface area (Å²) in [6.07, 6.45) is 25.9. The van der Waals surface area contributed by atoms with Crippen molar-refractivity contribution in [2.45, 2.75) is 141 Å². The van der Waals surface area contributed by atoms with Crippen molar-refractivity contribution in [3.63, 3.8) is 0 Å². The molecule has 0 spiro atoms. The van der Waals surface area contributed by atoms with Crippen LogP contribution in [0, 0.1) is 0 Å². The van der Waals surface area contributed by atoms with Crippen molar-refractivity contribution in [2.75, 3.05) is 26.3 Å². The molecule has 0 aliphatic heterocycles. The van der Waals surface area contributed by atoms with Crippen molar-refractivity contribution in [2.24, 2.45) is 0 Å². The van der Waals surface area contributed by atoms with Crippen LogP contribution in [0.4, 0.5) is 0 Å². The maximum Gasteiger partial charge on any atom is 0.305 e. The van der Waals surface area contributed by atoms with Crippen LogP contribution in [0.3, 0.4) is 0 Å². The molecule has 6 N–H and O–H groups in total. The molecule has 0 aromatic rings. The number of ether oxygens (including phenoxy) is 2. The van der Waals surface area contributed by atoms with Gasteiger partial charge >= 0.3 is 11.9 Å². The number of carbonyl (C=O) groups is 4. The maximum absolute atomic E-state index is 11.5. The first-order chi connectivity index (χ1) is 19.5. The summed E-state index contributed by atoms with van der Waals surface area (Å²) in [5, 5.41) is 16.5. The second kappa shape index (κ2) is 41.3. The topological polar surface area (TPSA) is 188 Å². The molecule has 0 unspecified atom stereocenters. The minimum Gasteiger partial charge on any atom is -0.554 e. The summed E-state index contributed by atoms with van der Waals surface area (Å²) in [4.78, 5) is 39.5. The van der Waals surface area contributed by atoms with E-state index in [1.54, 1.807) is 0 Å². The molecule has 0 aromatic heterocycles. The highest BCUT2D eigenvalue weighted by Gasteiger charge is 2.03. The van der Waals surface area contributed by atoms with Gasteiger partial charge in [-0.15, -0.1) is 0 Å². The monoisotopic (exact) mass is 576 g/mol. The molecule has 0 aliphatic carbocycles. The van der Waals surface area contributed by atoms with Gasteiger partial charge in [0, 0.05) is 38.6 Å². The Bertz CT molecular complexity index is 490. The largest absolute Gasteiger partial charge is 0.554 e. The molecule has 10 nitrogen and oxygen atoms in total. The van der Waals surface area contributed by atoms with Crippen LogP contribution in [0.1, 0.15) is 141 Å². The van der Waals surface area contributed by atoms with E-state index in [0.717, 1.165) is 51.6 Å². The van der Waals surface area contributed by atoms with Gasteiger partial charge in [-0.3, -0.25) is 9.59 Å². The Labute approximate surface area is 242 Å². The highest BCUT2D eigenvalue weighted by molar-refractivity contribution is 5.69. The van der Waals surface area contributed by atoms with Gasteiger partial charge in [0.15, 0.2) is 0 Å². The second-order valence-electron chi connectivity index (χ2n) is 9.91. The normalized spacial score (nSPS) is 9.95. The number of esters is 2. The zero-order chi connectivity index (χ0) is 30.4. The quantitative estimate of drug-likeness (QED) is 0.0841. The average Bonchev–Trinajstić information content (AvgIpc) is 2.93. The third kappa shape index (κ3) is 45.7. The first-order valence-electron chi connectivity index (χ1n) is 15.5. The van der Waals surface area contributed by atoms with E-state index in [0.29, 0.717) is 26.1 Å². The maximum atomic E-state index is 11.5. The lowest BCUT2D eigenvalue weighted by Gasteiger charge is -2.05. The molecule has 40 heavy (non-hydrogen) atoms. The highest BCUT2D eigenvalue weighted by atomic mass is 16.5. The standard InChI is InChI=1S/C28H56N2O4.2CH2O2/c29-23-19-25-33-27(31)21-17-15-13-11-9-7-5-3-1-2-4-6-8-10-12-14-16-18-22-28(32)34-26-20-24-30;2*2-1-3/h1-26,29-30H2;2*1H,(H,2,3). The lowest BCUT2D eigenvalue weighted by atomic mass is 10.0. The van der Waals surface area contributed by atoms with Crippen LogP contribution in [0.2, 0.25) is 0 Å². The van der Waals surface area contributed by atoms with Gasteiger partial charge in [0.1, 0.15) is 0 Å². The van der Waals surface area contributed by atoms with Gasteiger partial charge < -0.3 is 40.7 Å². The van der Waals surface area contributed by atoms with Crippen LogP contribution < -0.4 is 21.7 Å². The van der Waals surface area contributed by atoms with Gasteiger partial charge in [-0.05, 0) is 12.8 Å². The van der Waals surface area contributed by atoms with Crippen LogP contribution in [0.5, 0.6) is 0 Å². The number of hydrogen-bond donors (Lipinski definition) is 2. The van der Waals surface area contributed by atoms with Gasteiger partial charge in [0.25, 0.3) is 0 Å². The van der Waals surface area contributed by atoms with Crippen molar-refractivity contribution in [3.8, 4) is 0 Å². The third-order valence-electron chi connectivity index (χ3n) is 6.33. The molecule has 0 heterocycles. The predicted octanol–water partition coefficient (Wildman–Crippen LogP) is 1.87.